The third kappa shape index (κ3) is 3.50. The first-order valence-corrected chi connectivity index (χ1v) is 10.9. The molecule has 0 aliphatic heterocycles. The maximum absolute atomic E-state index is 6.03. The van der Waals surface area contributed by atoms with Crippen LogP contribution in [0.25, 0.3) is 32.7 Å². The molecule has 6 nitrogen and oxygen atoms in total. The Morgan fingerprint density at radius 2 is 1.09 bits per heavy atom. The zero-order chi connectivity index (χ0) is 24.6. The Balaban J connectivity index is 2.22. The van der Waals surface area contributed by atoms with Crippen LogP contribution in [0.15, 0.2) is 36.4 Å². The van der Waals surface area contributed by atoms with Gasteiger partial charge in [-0.2, -0.15) is 0 Å². The average Bonchev–Trinajstić information content (AvgIpc) is 2.85. The monoisotopic (exact) mass is 462 g/mol. The van der Waals surface area contributed by atoms with E-state index in [1.54, 1.807) is 42.7 Å². The second-order valence-electron chi connectivity index (χ2n) is 8.04. The summed E-state index contributed by atoms with van der Waals surface area (Å²) in [7, 11) is 9.95. The minimum absolute atomic E-state index is 0.671. The molecular formula is C28H30O6. The summed E-state index contributed by atoms with van der Waals surface area (Å²) in [6.45, 7) is 4.07. The Labute approximate surface area is 199 Å². The van der Waals surface area contributed by atoms with Crippen molar-refractivity contribution in [3.8, 4) is 45.6 Å². The van der Waals surface area contributed by atoms with Gasteiger partial charge in [-0.25, -0.2) is 0 Å². The van der Waals surface area contributed by atoms with E-state index in [2.05, 4.69) is 12.1 Å². The van der Waals surface area contributed by atoms with Crippen molar-refractivity contribution in [3.05, 3.63) is 47.5 Å². The van der Waals surface area contributed by atoms with Gasteiger partial charge in [0.15, 0.2) is 0 Å². The fraction of sp³-hybridized carbons (Fsp3) is 0.286. The molecule has 0 atom stereocenters. The van der Waals surface area contributed by atoms with E-state index in [-0.39, 0.29) is 0 Å². The summed E-state index contributed by atoms with van der Waals surface area (Å²) in [5, 5.41) is 3.48. The van der Waals surface area contributed by atoms with Gasteiger partial charge in [-0.3, -0.25) is 0 Å². The largest absolute Gasteiger partial charge is 0.496 e. The van der Waals surface area contributed by atoms with E-state index in [1.165, 1.54) is 0 Å². The fourth-order valence-corrected chi connectivity index (χ4v) is 4.77. The molecule has 6 heteroatoms. The molecule has 0 aromatic heterocycles. The van der Waals surface area contributed by atoms with Gasteiger partial charge in [-0.15, -0.1) is 0 Å². The molecule has 4 rings (SSSR count). The molecule has 0 bridgehead atoms. The summed E-state index contributed by atoms with van der Waals surface area (Å²) in [4.78, 5) is 0. The van der Waals surface area contributed by atoms with Crippen molar-refractivity contribution < 1.29 is 28.4 Å². The van der Waals surface area contributed by atoms with E-state index >= 15 is 0 Å². The number of hydrogen-bond acceptors (Lipinski definition) is 6. The standard InChI is InChI=1S/C28H30O6/c1-15-11-18-25(22(12-15)31-5)23(32-6)14-19(27(18)33-7)24-16(2)13-17-20(29-3)9-10-21(30-4)26(17)28(24)34-8/h9-14H,1-8H3. The molecule has 0 N–H and O–H groups in total. The molecule has 0 aliphatic rings. The van der Waals surface area contributed by atoms with Crippen molar-refractivity contribution in [1.29, 1.82) is 0 Å². The molecule has 0 radical (unpaired) electrons. The predicted molar refractivity (Wildman–Crippen MR) is 136 cm³/mol. The number of aryl methyl sites for hydroxylation is 2. The van der Waals surface area contributed by atoms with Crippen molar-refractivity contribution in [2.75, 3.05) is 42.7 Å². The number of fused-ring (bicyclic) bond motifs is 2. The summed E-state index contributed by atoms with van der Waals surface area (Å²) in [5.41, 5.74) is 3.78. The molecule has 4 aromatic carbocycles. The highest BCUT2D eigenvalue weighted by atomic mass is 16.5. The summed E-state index contributed by atoms with van der Waals surface area (Å²) in [6.07, 6.45) is 0. The lowest BCUT2D eigenvalue weighted by Crippen LogP contribution is -2.00. The zero-order valence-corrected chi connectivity index (χ0v) is 20.9. The van der Waals surface area contributed by atoms with E-state index in [0.717, 1.165) is 55.3 Å². The van der Waals surface area contributed by atoms with Crippen LogP contribution in [0.3, 0.4) is 0 Å². The molecule has 4 aromatic rings. The Bertz CT molecular complexity index is 1390. The van der Waals surface area contributed by atoms with E-state index in [9.17, 15) is 0 Å². The minimum Gasteiger partial charge on any atom is -0.496 e. The molecule has 0 unspecified atom stereocenters. The molecule has 0 heterocycles. The van der Waals surface area contributed by atoms with Crippen molar-refractivity contribution in [3.63, 3.8) is 0 Å². The molecule has 0 aliphatic carbocycles. The number of methoxy groups -OCH3 is 6. The third-order valence-electron chi connectivity index (χ3n) is 6.19. The lowest BCUT2D eigenvalue weighted by Gasteiger charge is -2.22. The molecule has 0 saturated carbocycles. The first kappa shape index (κ1) is 23.4. The Kier molecular flexibility index (Phi) is 6.33. The smallest absolute Gasteiger partial charge is 0.138 e. The van der Waals surface area contributed by atoms with Gasteiger partial charge < -0.3 is 28.4 Å². The fourth-order valence-electron chi connectivity index (χ4n) is 4.77. The van der Waals surface area contributed by atoms with Crippen LogP contribution in [0, 0.1) is 13.8 Å². The van der Waals surface area contributed by atoms with Crippen molar-refractivity contribution in [2.45, 2.75) is 13.8 Å². The van der Waals surface area contributed by atoms with E-state index in [0.29, 0.717) is 23.0 Å². The van der Waals surface area contributed by atoms with Gasteiger partial charge in [0, 0.05) is 21.9 Å². The number of ether oxygens (including phenoxy) is 6. The zero-order valence-electron chi connectivity index (χ0n) is 20.9. The Morgan fingerprint density at radius 3 is 1.68 bits per heavy atom. The van der Waals surface area contributed by atoms with E-state index < -0.39 is 0 Å². The number of benzene rings is 4. The van der Waals surface area contributed by atoms with Gasteiger partial charge in [0.1, 0.15) is 34.5 Å². The van der Waals surface area contributed by atoms with Crippen molar-refractivity contribution >= 4 is 21.5 Å². The second kappa shape index (κ2) is 9.21. The van der Waals surface area contributed by atoms with Crippen LogP contribution in [0.4, 0.5) is 0 Å². The Morgan fingerprint density at radius 1 is 0.500 bits per heavy atom. The lowest BCUT2D eigenvalue weighted by atomic mass is 9.91. The third-order valence-corrected chi connectivity index (χ3v) is 6.19. The van der Waals surface area contributed by atoms with Gasteiger partial charge in [-0.05, 0) is 61.4 Å². The van der Waals surface area contributed by atoms with Crippen molar-refractivity contribution in [1.82, 2.24) is 0 Å². The summed E-state index contributed by atoms with van der Waals surface area (Å²) >= 11 is 0. The van der Waals surface area contributed by atoms with Gasteiger partial charge in [0.2, 0.25) is 0 Å². The number of rotatable bonds is 7. The highest BCUT2D eigenvalue weighted by Gasteiger charge is 2.25. The molecule has 178 valence electrons. The van der Waals surface area contributed by atoms with Crippen LogP contribution in [0.5, 0.6) is 34.5 Å². The summed E-state index contributed by atoms with van der Waals surface area (Å²) < 4.78 is 34.9. The SMILES string of the molecule is COc1ccc(OC)c2c(OC)c(-c3cc(OC)c4c(OC)cc(C)cc4c3OC)c(C)cc12. The average molecular weight is 463 g/mol. The molecule has 34 heavy (non-hydrogen) atoms. The van der Waals surface area contributed by atoms with Crippen LogP contribution in [-0.2, 0) is 0 Å². The first-order chi connectivity index (χ1) is 16.4. The van der Waals surface area contributed by atoms with E-state index in [4.69, 9.17) is 28.4 Å². The van der Waals surface area contributed by atoms with Crippen LogP contribution in [0.2, 0.25) is 0 Å². The van der Waals surface area contributed by atoms with Crippen LogP contribution >= 0.6 is 0 Å². The molecule has 0 spiro atoms. The van der Waals surface area contributed by atoms with Crippen LogP contribution in [-0.4, -0.2) is 42.7 Å². The number of hydrogen-bond donors (Lipinski definition) is 0. The highest BCUT2D eigenvalue weighted by molar-refractivity contribution is 6.08. The Hall–Kier alpha value is -3.80. The van der Waals surface area contributed by atoms with Gasteiger partial charge in [0.05, 0.1) is 53.4 Å². The van der Waals surface area contributed by atoms with Gasteiger partial charge >= 0.3 is 0 Å². The maximum Gasteiger partial charge on any atom is 0.138 e. The van der Waals surface area contributed by atoms with Crippen molar-refractivity contribution in [2.24, 2.45) is 0 Å². The lowest BCUT2D eigenvalue weighted by molar-refractivity contribution is 0.398. The van der Waals surface area contributed by atoms with E-state index in [1.807, 2.05) is 38.1 Å². The van der Waals surface area contributed by atoms with Gasteiger partial charge in [0.25, 0.3) is 0 Å². The van der Waals surface area contributed by atoms with Crippen LogP contribution in [0.1, 0.15) is 11.1 Å². The van der Waals surface area contributed by atoms with Gasteiger partial charge in [-0.1, -0.05) is 0 Å². The second-order valence-corrected chi connectivity index (χ2v) is 8.04. The summed E-state index contributed by atoms with van der Waals surface area (Å²) in [5.74, 6) is 4.22. The molecule has 0 fully saturated rings. The topological polar surface area (TPSA) is 55.4 Å². The quantitative estimate of drug-likeness (QED) is 0.320. The molecule has 0 amide bonds. The van der Waals surface area contributed by atoms with Crippen LogP contribution < -0.4 is 28.4 Å². The maximum atomic E-state index is 6.03. The first-order valence-electron chi connectivity index (χ1n) is 10.9. The minimum atomic E-state index is 0.671. The molecule has 0 saturated heterocycles. The summed E-state index contributed by atoms with van der Waals surface area (Å²) in [6, 6.07) is 11.9. The predicted octanol–water partition coefficient (Wildman–Crippen LogP) is 6.33. The molecular weight excluding hydrogens is 432 g/mol. The highest BCUT2D eigenvalue weighted by Crippen LogP contribution is 2.52. The normalized spacial score (nSPS) is 10.9.